The molecule has 1 amide bonds. The molecule has 4 rings (SSSR count). The fourth-order valence-corrected chi connectivity index (χ4v) is 4.39. The van der Waals surface area contributed by atoms with Crippen molar-refractivity contribution in [3.8, 4) is 10.6 Å². The first kappa shape index (κ1) is 18.1. The Kier molecular flexibility index (Phi) is 4.57. The van der Waals surface area contributed by atoms with Gasteiger partial charge in [0.1, 0.15) is 10.7 Å². The van der Waals surface area contributed by atoms with Crippen LogP contribution >= 0.6 is 11.3 Å². The molecule has 6 heteroatoms. The lowest BCUT2D eigenvalue weighted by Gasteiger charge is -2.06. The second-order valence-corrected chi connectivity index (χ2v) is 7.73. The molecule has 28 heavy (non-hydrogen) atoms. The summed E-state index contributed by atoms with van der Waals surface area (Å²) in [6.45, 7) is 5.09. The van der Waals surface area contributed by atoms with Crippen LogP contribution in [0.15, 0.2) is 48.5 Å². The summed E-state index contributed by atoms with van der Waals surface area (Å²) < 4.78 is 1.13. The van der Waals surface area contributed by atoms with Crippen LogP contribution in [0.3, 0.4) is 0 Å². The molecule has 0 aliphatic carbocycles. The molecule has 4 aromatic rings. The maximum atomic E-state index is 12.7. The second-order valence-electron chi connectivity index (χ2n) is 6.70. The SMILES string of the molecule is CC(=O)c1c(C)[nH]c(C(=O)Nc2cccc(-c3nc4ccccc4s3)c2)c1C. The van der Waals surface area contributed by atoms with Crippen molar-refractivity contribution in [3.63, 3.8) is 0 Å². The number of aromatic amines is 1. The van der Waals surface area contributed by atoms with Gasteiger partial charge in [-0.15, -0.1) is 11.3 Å². The van der Waals surface area contributed by atoms with Crippen molar-refractivity contribution < 1.29 is 9.59 Å². The van der Waals surface area contributed by atoms with E-state index < -0.39 is 0 Å². The topological polar surface area (TPSA) is 74.8 Å². The van der Waals surface area contributed by atoms with E-state index in [1.165, 1.54) is 6.92 Å². The van der Waals surface area contributed by atoms with Gasteiger partial charge in [0.15, 0.2) is 5.78 Å². The van der Waals surface area contributed by atoms with Crippen LogP contribution < -0.4 is 5.32 Å². The number of rotatable bonds is 4. The lowest BCUT2D eigenvalue weighted by atomic mass is 10.1. The third kappa shape index (κ3) is 3.23. The summed E-state index contributed by atoms with van der Waals surface area (Å²) in [4.78, 5) is 32.3. The first-order valence-electron chi connectivity index (χ1n) is 8.91. The predicted octanol–water partition coefficient (Wildman–Crippen LogP) is 5.36. The Morgan fingerprint density at radius 1 is 1.07 bits per heavy atom. The molecule has 0 aliphatic heterocycles. The van der Waals surface area contributed by atoms with Gasteiger partial charge in [-0.3, -0.25) is 9.59 Å². The molecular formula is C22H19N3O2S. The standard InChI is InChI=1S/C22H19N3O2S/c1-12-19(14(3)26)13(2)23-20(12)21(27)24-16-8-6-7-15(11-16)22-25-17-9-4-5-10-18(17)28-22/h4-11,23H,1-3H3,(H,24,27). The van der Waals surface area contributed by atoms with Gasteiger partial charge >= 0.3 is 0 Å². The zero-order valence-electron chi connectivity index (χ0n) is 15.8. The molecule has 0 atom stereocenters. The van der Waals surface area contributed by atoms with Crippen LogP contribution in [0.5, 0.6) is 0 Å². The Morgan fingerprint density at radius 2 is 1.86 bits per heavy atom. The normalized spacial score (nSPS) is 11.0. The number of benzene rings is 2. The van der Waals surface area contributed by atoms with Gasteiger partial charge in [0.05, 0.1) is 10.2 Å². The van der Waals surface area contributed by atoms with E-state index in [4.69, 9.17) is 0 Å². The fraction of sp³-hybridized carbons (Fsp3) is 0.136. The Labute approximate surface area is 166 Å². The summed E-state index contributed by atoms with van der Waals surface area (Å²) in [6.07, 6.45) is 0. The van der Waals surface area contributed by atoms with Crippen molar-refractivity contribution in [3.05, 3.63) is 71.0 Å². The molecule has 140 valence electrons. The summed E-state index contributed by atoms with van der Waals surface area (Å²) >= 11 is 1.62. The van der Waals surface area contributed by atoms with Gasteiger partial charge in [-0.2, -0.15) is 0 Å². The van der Waals surface area contributed by atoms with Crippen LogP contribution in [0.1, 0.15) is 39.0 Å². The quantitative estimate of drug-likeness (QED) is 0.461. The van der Waals surface area contributed by atoms with E-state index in [1.54, 1.807) is 25.2 Å². The number of fused-ring (bicyclic) bond motifs is 1. The maximum absolute atomic E-state index is 12.7. The summed E-state index contributed by atoms with van der Waals surface area (Å²) in [6, 6.07) is 15.6. The summed E-state index contributed by atoms with van der Waals surface area (Å²) in [5.41, 5.74) is 4.96. The molecule has 0 spiro atoms. The number of carbonyl (C=O) groups excluding carboxylic acids is 2. The number of Topliss-reactive ketones (excluding diaryl/α,β-unsaturated/α-hetero) is 1. The van der Waals surface area contributed by atoms with Crippen LogP contribution in [0.25, 0.3) is 20.8 Å². The minimum atomic E-state index is -0.269. The lowest BCUT2D eigenvalue weighted by molar-refractivity contribution is 0.101. The highest BCUT2D eigenvalue weighted by atomic mass is 32.1. The summed E-state index contributed by atoms with van der Waals surface area (Å²) in [5, 5.41) is 3.82. The molecule has 0 saturated carbocycles. The van der Waals surface area contributed by atoms with Crippen molar-refractivity contribution in [2.45, 2.75) is 20.8 Å². The number of nitrogens with one attached hydrogen (secondary N) is 2. The Morgan fingerprint density at radius 3 is 2.57 bits per heavy atom. The van der Waals surface area contributed by atoms with Gasteiger partial charge in [-0.25, -0.2) is 4.98 Å². The minimum absolute atomic E-state index is 0.0527. The molecular weight excluding hydrogens is 370 g/mol. The Bertz CT molecular complexity index is 1190. The number of anilines is 1. The Balaban J connectivity index is 1.63. The maximum Gasteiger partial charge on any atom is 0.272 e. The van der Waals surface area contributed by atoms with Crippen LogP contribution in [-0.2, 0) is 0 Å². The molecule has 0 fully saturated rings. The molecule has 5 nitrogen and oxygen atoms in total. The van der Waals surface area contributed by atoms with Crippen LogP contribution in [-0.4, -0.2) is 21.7 Å². The first-order valence-corrected chi connectivity index (χ1v) is 9.73. The highest BCUT2D eigenvalue weighted by Gasteiger charge is 2.20. The number of para-hydroxylation sites is 1. The number of carbonyl (C=O) groups is 2. The first-order chi connectivity index (χ1) is 13.4. The fourth-order valence-electron chi connectivity index (χ4n) is 3.42. The predicted molar refractivity (Wildman–Crippen MR) is 113 cm³/mol. The van der Waals surface area contributed by atoms with E-state index in [2.05, 4.69) is 15.3 Å². The number of hydrogen-bond acceptors (Lipinski definition) is 4. The van der Waals surface area contributed by atoms with Crippen LogP contribution in [0.2, 0.25) is 0 Å². The zero-order chi connectivity index (χ0) is 19.8. The molecule has 0 saturated heterocycles. The van der Waals surface area contributed by atoms with Gasteiger partial charge in [-0.1, -0.05) is 24.3 Å². The van der Waals surface area contributed by atoms with Crippen LogP contribution in [0, 0.1) is 13.8 Å². The van der Waals surface area contributed by atoms with Crippen molar-refractivity contribution in [1.82, 2.24) is 9.97 Å². The highest BCUT2D eigenvalue weighted by Crippen LogP contribution is 2.31. The Hall–Kier alpha value is -3.25. The molecule has 2 N–H and O–H groups in total. The van der Waals surface area contributed by atoms with Gasteiger partial charge in [0.2, 0.25) is 0 Å². The van der Waals surface area contributed by atoms with Crippen molar-refractivity contribution in [1.29, 1.82) is 0 Å². The van der Waals surface area contributed by atoms with Gasteiger partial charge in [-0.05, 0) is 50.6 Å². The van der Waals surface area contributed by atoms with E-state index in [9.17, 15) is 9.59 Å². The smallest absolute Gasteiger partial charge is 0.272 e. The van der Waals surface area contributed by atoms with E-state index in [0.717, 1.165) is 20.8 Å². The largest absolute Gasteiger partial charge is 0.354 e. The number of H-pyrrole nitrogens is 1. The number of aryl methyl sites for hydroxylation is 1. The molecule has 2 heterocycles. The lowest BCUT2D eigenvalue weighted by Crippen LogP contribution is -2.14. The van der Waals surface area contributed by atoms with Gasteiger partial charge < -0.3 is 10.3 Å². The molecule has 2 aromatic heterocycles. The van der Waals surface area contributed by atoms with E-state index in [-0.39, 0.29) is 11.7 Å². The number of thiazole rings is 1. The minimum Gasteiger partial charge on any atom is -0.354 e. The average molecular weight is 389 g/mol. The molecule has 0 bridgehead atoms. The van der Waals surface area contributed by atoms with Gasteiger partial charge in [0, 0.05) is 22.5 Å². The number of hydrogen-bond donors (Lipinski definition) is 2. The third-order valence-electron chi connectivity index (χ3n) is 4.68. The third-order valence-corrected chi connectivity index (χ3v) is 5.76. The summed E-state index contributed by atoms with van der Waals surface area (Å²) in [5.74, 6) is -0.322. The second kappa shape index (κ2) is 7.05. The van der Waals surface area contributed by atoms with E-state index in [1.807, 2.05) is 48.5 Å². The van der Waals surface area contributed by atoms with E-state index in [0.29, 0.717) is 28.2 Å². The van der Waals surface area contributed by atoms with E-state index >= 15 is 0 Å². The number of nitrogens with zero attached hydrogens (tertiary/aromatic N) is 1. The molecule has 0 radical (unpaired) electrons. The van der Waals surface area contributed by atoms with Gasteiger partial charge in [0.25, 0.3) is 5.91 Å². The molecule has 0 unspecified atom stereocenters. The molecule has 0 aliphatic rings. The average Bonchev–Trinajstić information content (AvgIpc) is 3.22. The number of amides is 1. The van der Waals surface area contributed by atoms with Crippen LogP contribution in [0.4, 0.5) is 5.69 Å². The molecule has 2 aromatic carbocycles. The number of ketones is 1. The van der Waals surface area contributed by atoms with Crippen molar-refractivity contribution in [2.75, 3.05) is 5.32 Å². The summed E-state index contributed by atoms with van der Waals surface area (Å²) in [7, 11) is 0. The number of aromatic nitrogens is 2. The van der Waals surface area contributed by atoms with Crippen molar-refractivity contribution in [2.24, 2.45) is 0 Å². The highest BCUT2D eigenvalue weighted by molar-refractivity contribution is 7.21. The monoisotopic (exact) mass is 389 g/mol. The van der Waals surface area contributed by atoms with Crippen molar-refractivity contribution >= 4 is 38.9 Å². The zero-order valence-corrected chi connectivity index (χ0v) is 16.6.